The highest BCUT2D eigenvalue weighted by Crippen LogP contribution is 2.26. The van der Waals surface area contributed by atoms with Crippen molar-refractivity contribution in [3.05, 3.63) is 52.7 Å². The van der Waals surface area contributed by atoms with E-state index in [1.165, 1.54) is 5.56 Å². The van der Waals surface area contributed by atoms with Gasteiger partial charge in [0.05, 0.1) is 13.2 Å². The van der Waals surface area contributed by atoms with Gasteiger partial charge in [0.15, 0.2) is 0 Å². The average Bonchev–Trinajstić information content (AvgIpc) is 2.76. The number of ether oxygens (including phenoxy) is 2. The van der Waals surface area contributed by atoms with E-state index in [-0.39, 0.29) is 12.0 Å². The molecule has 1 amide bonds. The monoisotopic (exact) mass is 415 g/mol. The van der Waals surface area contributed by atoms with Crippen molar-refractivity contribution in [2.45, 2.75) is 25.9 Å². The summed E-state index contributed by atoms with van der Waals surface area (Å²) < 4.78 is 11.3. The Morgan fingerprint density at radius 1 is 1.14 bits per heavy atom. The maximum absolute atomic E-state index is 13.0. The molecule has 4 rings (SSSR count). The summed E-state index contributed by atoms with van der Waals surface area (Å²) in [5, 5.41) is 0.734. The van der Waals surface area contributed by atoms with Crippen LogP contribution in [-0.4, -0.2) is 61.3 Å². The van der Waals surface area contributed by atoms with Gasteiger partial charge in [-0.1, -0.05) is 17.7 Å². The molecular formula is C22H26ClN3O3. The quantitative estimate of drug-likeness (QED) is 0.764. The molecule has 0 bridgehead atoms. The fourth-order valence-corrected chi connectivity index (χ4v) is 3.99. The van der Waals surface area contributed by atoms with Gasteiger partial charge in [-0.2, -0.15) is 0 Å². The van der Waals surface area contributed by atoms with Crippen molar-refractivity contribution in [1.82, 2.24) is 9.88 Å². The zero-order valence-corrected chi connectivity index (χ0v) is 17.4. The minimum absolute atomic E-state index is 0.0201. The molecule has 0 unspecified atom stereocenters. The number of hydrogen-bond donors (Lipinski definition) is 0. The van der Waals surface area contributed by atoms with Crippen LogP contribution in [0.2, 0.25) is 5.02 Å². The van der Waals surface area contributed by atoms with Crippen molar-refractivity contribution in [2.24, 2.45) is 0 Å². The third kappa shape index (κ3) is 4.82. The minimum Gasteiger partial charge on any atom is -0.474 e. The maximum atomic E-state index is 13.0. The summed E-state index contributed by atoms with van der Waals surface area (Å²) in [5.74, 6) is 0.530. The largest absolute Gasteiger partial charge is 0.474 e. The third-order valence-electron chi connectivity index (χ3n) is 5.52. The van der Waals surface area contributed by atoms with E-state index in [4.69, 9.17) is 21.1 Å². The standard InChI is InChI=1S/C22H26ClN3O3/c1-16-2-3-18(23)15-20(16)25-8-10-26(11-9-25)22(27)17-4-7-24-21(14-17)29-19-5-12-28-13-6-19/h2-4,7,14-15,19H,5-6,8-13H2,1H3. The predicted octanol–water partition coefficient (Wildman–Crippen LogP) is 3.56. The Balaban J connectivity index is 1.38. The molecule has 0 atom stereocenters. The molecule has 0 spiro atoms. The SMILES string of the molecule is Cc1ccc(Cl)cc1N1CCN(C(=O)c2ccnc(OC3CCOCC3)c2)CC1. The van der Waals surface area contributed by atoms with Crippen LogP contribution >= 0.6 is 11.6 Å². The van der Waals surface area contributed by atoms with Crippen LogP contribution in [0.15, 0.2) is 36.5 Å². The van der Waals surface area contributed by atoms with Crippen LogP contribution in [0.25, 0.3) is 0 Å². The molecule has 6 nitrogen and oxygen atoms in total. The normalized spacial score (nSPS) is 18.0. The molecule has 1 aromatic heterocycles. The number of carbonyl (C=O) groups is 1. The van der Waals surface area contributed by atoms with E-state index in [0.29, 0.717) is 37.7 Å². The van der Waals surface area contributed by atoms with E-state index in [2.05, 4.69) is 16.8 Å². The van der Waals surface area contributed by atoms with Gasteiger partial charge in [0, 0.05) is 67.6 Å². The summed E-state index contributed by atoms with van der Waals surface area (Å²) in [5.41, 5.74) is 2.95. The Labute approximate surface area is 176 Å². The summed E-state index contributed by atoms with van der Waals surface area (Å²) >= 11 is 6.16. The molecule has 154 valence electrons. The Morgan fingerprint density at radius 3 is 2.66 bits per heavy atom. The van der Waals surface area contributed by atoms with E-state index < -0.39 is 0 Å². The average molecular weight is 416 g/mol. The molecule has 2 aromatic rings. The number of anilines is 1. The van der Waals surface area contributed by atoms with Crippen LogP contribution in [0, 0.1) is 6.92 Å². The number of halogens is 1. The summed E-state index contributed by atoms with van der Waals surface area (Å²) in [4.78, 5) is 21.4. The van der Waals surface area contributed by atoms with E-state index >= 15 is 0 Å². The van der Waals surface area contributed by atoms with Gasteiger partial charge in [0.1, 0.15) is 6.10 Å². The smallest absolute Gasteiger partial charge is 0.254 e. The number of amides is 1. The molecule has 0 radical (unpaired) electrons. The summed E-state index contributed by atoms with van der Waals surface area (Å²) in [7, 11) is 0. The van der Waals surface area contributed by atoms with Gasteiger partial charge in [0.25, 0.3) is 5.91 Å². The molecule has 1 aromatic carbocycles. The van der Waals surface area contributed by atoms with E-state index in [0.717, 1.165) is 36.6 Å². The molecule has 7 heteroatoms. The lowest BCUT2D eigenvalue weighted by atomic mass is 10.1. The first kappa shape index (κ1) is 20.0. The topological polar surface area (TPSA) is 54.9 Å². The molecular weight excluding hydrogens is 390 g/mol. The number of rotatable bonds is 4. The van der Waals surface area contributed by atoms with Crippen LogP contribution in [-0.2, 0) is 4.74 Å². The minimum atomic E-state index is 0.0201. The van der Waals surface area contributed by atoms with Crippen molar-refractivity contribution >= 4 is 23.2 Å². The number of hydrogen-bond acceptors (Lipinski definition) is 5. The lowest BCUT2D eigenvalue weighted by Crippen LogP contribution is -2.49. The highest BCUT2D eigenvalue weighted by Gasteiger charge is 2.24. The van der Waals surface area contributed by atoms with Crippen LogP contribution in [0.3, 0.4) is 0 Å². The number of nitrogens with zero attached hydrogens (tertiary/aromatic N) is 3. The highest BCUT2D eigenvalue weighted by molar-refractivity contribution is 6.30. The van der Waals surface area contributed by atoms with Crippen LogP contribution < -0.4 is 9.64 Å². The lowest BCUT2D eigenvalue weighted by molar-refractivity contribution is 0.0236. The summed E-state index contributed by atoms with van der Waals surface area (Å²) in [6, 6.07) is 9.45. The molecule has 2 aliphatic rings. The van der Waals surface area contributed by atoms with Crippen molar-refractivity contribution in [2.75, 3.05) is 44.3 Å². The Morgan fingerprint density at radius 2 is 1.90 bits per heavy atom. The molecule has 29 heavy (non-hydrogen) atoms. The molecule has 2 fully saturated rings. The predicted molar refractivity (Wildman–Crippen MR) is 113 cm³/mol. The number of aryl methyl sites for hydroxylation is 1. The fourth-order valence-electron chi connectivity index (χ4n) is 3.83. The zero-order valence-electron chi connectivity index (χ0n) is 16.6. The first-order chi connectivity index (χ1) is 14.1. The van der Waals surface area contributed by atoms with Crippen molar-refractivity contribution in [3.63, 3.8) is 0 Å². The van der Waals surface area contributed by atoms with Gasteiger partial charge in [-0.15, -0.1) is 0 Å². The summed E-state index contributed by atoms with van der Waals surface area (Å²) in [6.45, 7) is 6.40. The van der Waals surface area contributed by atoms with Gasteiger partial charge in [-0.05, 0) is 30.7 Å². The van der Waals surface area contributed by atoms with Gasteiger partial charge in [-0.25, -0.2) is 4.98 Å². The molecule has 2 saturated heterocycles. The number of aromatic nitrogens is 1. The van der Waals surface area contributed by atoms with Gasteiger partial charge in [0.2, 0.25) is 5.88 Å². The molecule has 0 N–H and O–H groups in total. The molecule has 2 aliphatic heterocycles. The van der Waals surface area contributed by atoms with Crippen LogP contribution in [0.4, 0.5) is 5.69 Å². The van der Waals surface area contributed by atoms with E-state index in [9.17, 15) is 4.79 Å². The van der Waals surface area contributed by atoms with E-state index in [1.54, 1.807) is 18.3 Å². The fraction of sp³-hybridized carbons (Fsp3) is 0.455. The number of benzene rings is 1. The summed E-state index contributed by atoms with van der Waals surface area (Å²) in [6.07, 6.45) is 3.45. The molecule has 3 heterocycles. The van der Waals surface area contributed by atoms with Crippen LogP contribution in [0.1, 0.15) is 28.8 Å². The Hall–Kier alpha value is -2.31. The van der Waals surface area contributed by atoms with Crippen molar-refractivity contribution < 1.29 is 14.3 Å². The van der Waals surface area contributed by atoms with E-state index in [1.807, 2.05) is 23.1 Å². The van der Waals surface area contributed by atoms with Crippen LogP contribution in [0.5, 0.6) is 5.88 Å². The lowest BCUT2D eigenvalue weighted by Gasteiger charge is -2.37. The first-order valence-electron chi connectivity index (χ1n) is 10.1. The molecule has 0 saturated carbocycles. The Bertz CT molecular complexity index is 862. The second-order valence-corrected chi connectivity index (χ2v) is 7.96. The number of piperazine rings is 1. The second-order valence-electron chi connectivity index (χ2n) is 7.52. The maximum Gasteiger partial charge on any atom is 0.254 e. The van der Waals surface area contributed by atoms with Crippen molar-refractivity contribution in [1.29, 1.82) is 0 Å². The Kier molecular flexibility index (Phi) is 6.21. The van der Waals surface area contributed by atoms with Gasteiger partial charge in [-0.3, -0.25) is 4.79 Å². The first-order valence-corrected chi connectivity index (χ1v) is 10.5. The van der Waals surface area contributed by atoms with Gasteiger partial charge < -0.3 is 19.3 Å². The highest BCUT2D eigenvalue weighted by atomic mass is 35.5. The molecule has 0 aliphatic carbocycles. The number of pyridine rings is 1. The number of carbonyl (C=O) groups excluding carboxylic acids is 1. The second kappa shape index (κ2) is 9.01. The van der Waals surface area contributed by atoms with Gasteiger partial charge >= 0.3 is 0 Å². The third-order valence-corrected chi connectivity index (χ3v) is 5.75. The van der Waals surface area contributed by atoms with Crippen molar-refractivity contribution in [3.8, 4) is 5.88 Å². The zero-order chi connectivity index (χ0) is 20.2.